The van der Waals surface area contributed by atoms with Crippen molar-refractivity contribution in [1.29, 1.82) is 0 Å². The molecule has 0 bridgehead atoms. The average molecular weight is 409 g/mol. The van der Waals surface area contributed by atoms with E-state index in [1.807, 2.05) is 12.1 Å². The summed E-state index contributed by atoms with van der Waals surface area (Å²) in [5.41, 5.74) is 1.17. The normalized spacial score (nSPS) is 31.7. The van der Waals surface area contributed by atoms with Crippen molar-refractivity contribution in [2.45, 2.75) is 95.8 Å². The van der Waals surface area contributed by atoms with Crippen LogP contribution in [0.1, 0.15) is 95.0 Å². The van der Waals surface area contributed by atoms with Crippen molar-refractivity contribution >= 4 is 0 Å². The van der Waals surface area contributed by atoms with Gasteiger partial charge in [-0.3, -0.25) is 0 Å². The van der Waals surface area contributed by atoms with Gasteiger partial charge in [0.15, 0.2) is 0 Å². The molecule has 0 unspecified atom stereocenters. The molecule has 1 nitrogen and oxygen atoms in total. The standard InChI is InChI=1S/C25H35F3O/c26-25(27,28)29-24-15-13-23(14-16-24)22-11-9-21(10-12-22)20-7-5-19(6-8-20)17-18-3-1-2-4-18/h13-16,18-22H,1-12,17H2/t19-,20-,21-,22-. The van der Waals surface area contributed by atoms with Crippen LogP contribution in [-0.4, -0.2) is 6.36 Å². The molecular formula is C25H35F3O. The molecule has 3 saturated carbocycles. The Kier molecular flexibility index (Phi) is 6.76. The zero-order valence-corrected chi connectivity index (χ0v) is 17.4. The molecule has 4 rings (SSSR count). The molecule has 3 aliphatic rings. The minimum Gasteiger partial charge on any atom is -0.406 e. The van der Waals surface area contributed by atoms with Crippen molar-refractivity contribution in [2.24, 2.45) is 23.7 Å². The molecule has 0 amide bonds. The molecule has 4 heteroatoms. The van der Waals surface area contributed by atoms with Crippen LogP contribution in [-0.2, 0) is 0 Å². The van der Waals surface area contributed by atoms with E-state index >= 15 is 0 Å². The summed E-state index contributed by atoms with van der Waals surface area (Å²) in [6.07, 6.45) is 13.4. The van der Waals surface area contributed by atoms with Crippen LogP contribution in [0.4, 0.5) is 13.2 Å². The predicted molar refractivity (Wildman–Crippen MR) is 110 cm³/mol. The first-order valence-corrected chi connectivity index (χ1v) is 11.8. The Hall–Kier alpha value is -1.19. The van der Waals surface area contributed by atoms with Crippen LogP contribution >= 0.6 is 0 Å². The van der Waals surface area contributed by atoms with Gasteiger partial charge in [-0.15, -0.1) is 13.2 Å². The highest BCUT2D eigenvalue weighted by atomic mass is 19.4. The molecule has 29 heavy (non-hydrogen) atoms. The van der Waals surface area contributed by atoms with E-state index in [0.29, 0.717) is 5.92 Å². The minimum absolute atomic E-state index is 0.121. The third-order valence-corrected chi connectivity index (χ3v) is 8.06. The van der Waals surface area contributed by atoms with Crippen LogP contribution in [0.25, 0.3) is 0 Å². The highest BCUT2D eigenvalue weighted by Gasteiger charge is 2.33. The zero-order valence-electron chi connectivity index (χ0n) is 17.4. The van der Waals surface area contributed by atoms with E-state index in [4.69, 9.17) is 0 Å². The van der Waals surface area contributed by atoms with Gasteiger partial charge in [0.2, 0.25) is 0 Å². The van der Waals surface area contributed by atoms with Gasteiger partial charge in [-0.1, -0.05) is 50.7 Å². The van der Waals surface area contributed by atoms with Crippen LogP contribution in [0.5, 0.6) is 5.75 Å². The van der Waals surface area contributed by atoms with E-state index in [1.54, 1.807) is 0 Å². The van der Waals surface area contributed by atoms with Gasteiger partial charge in [0.25, 0.3) is 0 Å². The lowest BCUT2D eigenvalue weighted by Crippen LogP contribution is -2.26. The number of hydrogen-bond donors (Lipinski definition) is 0. The number of alkyl halides is 3. The van der Waals surface area contributed by atoms with Gasteiger partial charge in [-0.2, -0.15) is 0 Å². The summed E-state index contributed by atoms with van der Waals surface area (Å²) < 4.78 is 40.9. The molecule has 0 aliphatic heterocycles. The van der Waals surface area contributed by atoms with Gasteiger partial charge in [0, 0.05) is 0 Å². The van der Waals surface area contributed by atoms with E-state index in [2.05, 4.69) is 4.74 Å². The molecule has 1 aromatic rings. The number of halogens is 3. The average Bonchev–Trinajstić information content (AvgIpc) is 3.21. The van der Waals surface area contributed by atoms with Crippen LogP contribution in [0.3, 0.4) is 0 Å². The molecule has 0 N–H and O–H groups in total. The second-order valence-corrected chi connectivity index (χ2v) is 9.90. The topological polar surface area (TPSA) is 9.23 Å². The lowest BCUT2D eigenvalue weighted by Gasteiger charge is -2.38. The Bertz CT molecular complexity index is 616. The van der Waals surface area contributed by atoms with Crippen molar-refractivity contribution in [1.82, 2.24) is 0 Å². The molecule has 3 fully saturated rings. The lowest BCUT2D eigenvalue weighted by atomic mass is 9.67. The molecule has 0 heterocycles. The zero-order chi connectivity index (χ0) is 20.3. The molecule has 0 radical (unpaired) electrons. The first kappa shape index (κ1) is 21.1. The molecule has 0 aromatic heterocycles. The number of rotatable bonds is 5. The van der Waals surface area contributed by atoms with Gasteiger partial charge in [-0.05, 0) is 92.2 Å². The second kappa shape index (κ2) is 9.31. The lowest BCUT2D eigenvalue weighted by molar-refractivity contribution is -0.274. The summed E-state index contributed by atoms with van der Waals surface area (Å²) in [5.74, 6) is 4.17. The van der Waals surface area contributed by atoms with Crippen LogP contribution in [0.2, 0.25) is 0 Å². The number of benzene rings is 1. The molecular weight excluding hydrogens is 373 g/mol. The fourth-order valence-corrected chi connectivity index (χ4v) is 6.48. The van der Waals surface area contributed by atoms with Crippen LogP contribution < -0.4 is 4.74 Å². The van der Waals surface area contributed by atoms with Crippen molar-refractivity contribution in [3.63, 3.8) is 0 Å². The Balaban J connectivity index is 1.20. The van der Waals surface area contributed by atoms with Crippen molar-refractivity contribution < 1.29 is 17.9 Å². The maximum atomic E-state index is 12.3. The fourth-order valence-electron chi connectivity index (χ4n) is 6.48. The highest BCUT2D eigenvalue weighted by molar-refractivity contribution is 5.29. The Morgan fingerprint density at radius 1 is 0.690 bits per heavy atom. The van der Waals surface area contributed by atoms with Crippen molar-refractivity contribution in [3.8, 4) is 5.75 Å². The Morgan fingerprint density at radius 3 is 1.76 bits per heavy atom. The van der Waals surface area contributed by atoms with E-state index in [1.165, 1.54) is 101 Å². The van der Waals surface area contributed by atoms with Gasteiger partial charge in [0.05, 0.1) is 0 Å². The molecule has 0 spiro atoms. The first-order valence-electron chi connectivity index (χ1n) is 11.8. The van der Waals surface area contributed by atoms with Gasteiger partial charge < -0.3 is 4.74 Å². The van der Waals surface area contributed by atoms with Gasteiger partial charge in [-0.25, -0.2) is 0 Å². The summed E-state index contributed by atoms with van der Waals surface area (Å²) in [5, 5.41) is 0. The van der Waals surface area contributed by atoms with E-state index < -0.39 is 6.36 Å². The second-order valence-electron chi connectivity index (χ2n) is 9.90. The van der Waals surface area contributed by atoms with Gasteiger partial charge >= 0.3 is 6.36 Å². The van der Waals surface area contributed by atoms with E-state index in [0.717, 1.165) is 23.7 Å². The molecule has 1 aromatic carbocycles. The first-order chi connectivity index (χ1) is 14.0. The van der Waals surface area contributed by atoms with Gasteiger partial charge in [0.1, 0.15) is 5.75 Å². The largest absolute Gasteiger partial charge is 0.573 e. The van der Waals surface area contributed by atoms with Crippen LogP contribution in [0, 0.1) is 23.7 Å². The maximum absolute atomic E-state index is 12.3. The highest BCUT2D eigenvalue weighted by Crippen LogP contribution is 2.45. The molecule has 162 valence electrons. The SMILES string of the molecule is FC(F)(F)Oc1ccc([C@H]2CC[C@H]([C@H]3CC[C@H](CC4CCCC4)CC3)CC2)cc1. The molecule has 3 aliphatic carbocycles. The smallest absolute Gasteiger partial charge is 0.406 e. The van der Waals surface area contributed by atoms with Crippen LogP contribution in [0.15, 0.2) is 24.3 Å². The monoisotopic (exact) mass is 408 g/mol. The minimum atomic E-state index is -4.62. The summed E-state index contributed by atoms with van der Waals surface area (Å²) in [4.78, 5) is 0. The molecule has 0 atom stereocenters. The molecule has 0 saturated heterocycles. The maximum Gasteiger partial charge on any atom is 0.573 e. The van der Waals surface area contributed by atoms with E-state index in [9.17, 15) is 13.2 Å². The quantitative estimate of drug-likeness (QED) is 0.476. The van der Waals surface area contributed by atoms with Crippen molar-refractivity contribution in [2.75, 3.05) is 0 Å². The Labute approximate surface area is 173 Å². The van der Waals surface area contributed by atoms with Crippen molar-refractivity contribution in [3.05, 3.63) is 29.8 Å². The summed E-state index contributed by atoms with van der Waals surface area (Å²) in [6, 6.07) is 6.56. The van der Waals surface area contributed by atoms with E-state index in [-0.39, 0.29) is 5.75 Å². The third kappa shape index (κ3) is 5.92. The fraction of sp³-hybridized carbons (Fsp3) is 0.760. The third-order valence-electron chi connectivity index (χ3n) is 8.06. The Morgan fingerprint density at radius 2 is 1.21 bits per heavy atom. The summed E-state index contributed by atoms with van der Waals surface area (Å²) >= 11 is 0. The number of ether oxygens (including phenoxy) is 1. The summed E-state index contributed by atoms with van der Waals surface area (Å²) in [7, 11) is 0. The summed E-state index contributed by atoms with van der Waals surface area (Å²) in [6.45, 7) is 0. The predicted octanol–water partition coefficient (Wildman–Crippen LogP) is 8.25. The number of hydrogen-bond acceptors (Lipinski definition) is 1.